The minimum Gasteiger partial charge on any atom is -0.207 e. The number of rotatable bonds is 6. The highest BCUT2D eigenvalue weighted by Crippen LogP contribution is 2.22. The van der Waals surface area contributed by atoms with Crippen molar-refractivity contribution in [2.75, 3.05) is 7.05 Å². The van der Waals surface area contributed by atoms with Gasteiger partial charge in [0.25, 0.3) is 0 Å². The molecule has 0 aliphatic heterocycles. The van der Waals surface area contributed by atoms with Crippen molar-refractivity contribution in [2.45, 2.75) is 37.6 Å². The number of sulfonamides is 1. The zero-order valence-electron chi connectivity index (χ0n) is 13.4. The maximum atomic E-state index is 12.6. The lowest BCUT2D eigenvalue weighted by atomic mass is 9.99. The molecule has 0 aromatic heterocycles. The number of hydrogen-bond acceptors (Lipinski definition) is 2. The zero-order chi connectivity index (χ0) is 16.2. The predicted molar refractivity (Wildman–Crippen MR) is 90.2 cm³/mol. The highest BCUT2D eigenvalue weighted by Gasteiger charge is 2.20. The molecule has 22 heavy (non-hydrogen) atoms. The Hall–Kier alpha value is -1.65. The van der Waals surface area contributed by atoms with Crippen LogP contribution in [0.25, 0.3) is 0 Å². The van der Waals surface area contributed by atoms with Crippen LogP contribution in [0.1, 0.15) is 37.3 Å². The third-order valence-electron chi connectivity index (χ3n) is 4.02. The van der Waals surface area contributed by atoms with Crippen molar-refractivity contribution in [3.05, 3.63) is 65.7 Å². The van der Waals surface area contributed by atoms with Gasteiger partial charge in [-0.05, 0) is 35.6 Å². The third-order valence-corrected chi connectivity index (χ3v) is 5.84. The van der Waals surface area contributed by atoms with Crippen LogP contribution in [0, 0.1) is 0 Å². The van der Waals surface area contributed by atoms with Crippen LogP contribution in [0.4, 0.5) is 0 Å². The first-order chi connectivity index (χ1) is 10.4. The molecule has 0 saturated carbocycles. The molecule has 2 aromatic carbocycles. The fraction of sp³-hybridized carbons (Fsp3) is 0.333. The van der Waals surface area contributed by atoms with Crippen molar-refractivity contribution in [1.29, 1.82) is 0 Å². The van der Waals surface area contributed by atoms with E-state index < -0.39 is 10.0 Å². The van der Waals surface area contributed by atoms with E-state index in [1.54, 1.807) is 19.2 Å². The maximum Gasteiger partial charge on any atom is 0.243 e. The summed E-state index contributed by atoms with van der Waals surface area (Å²) in [7, 11) is -1.84. The number of hydrogen-bond donors (Lipinski definition) is 0. The largest absolute Gasteiger partial charge is 0.243 e. The first-order valence-electron chi connectivity index (χ1n) is 7.55. The van der Waals surface area contributed by atoms with E-state index in [0.717, 1.165) is 12.0 Å². The van der Waals surface area contributed by atoms with Gasteiger partial charge in [-0.25, -0.2) is 8.42 Å². The second kappa shape index (κ2) is 7.07. The second-order valence-corrected chi connectivity index (χ2v) is 7.67. The highest BCUT2D eigenvalue weighted by atomic mass is 32.2. The second-order valence-electron chi connectivity index (χ2n) is 5.63. The van der Waals surface area contributed by atoms with Gasteiger partial charge in [0, 0.05) is 13.6 Å². The predicted octanol–water partition coefficient (Wildman–Crippen LogP) is 4.02. The van der Waals surface area contributed by atoms with Crippen molar-refractivity contribution >= 4 is 10.0 Å². The van der Waals surface area contributed by atoms with Crippen LogP contribution >= 0.6 is 0 Å². The van der Waals surface area contributed by atoms with Crippen molar-refractivity contribution < 1.29 is 8.42 Å². The molecule has 4 heteroatoms. The summed E-state index contributed by atoms with van der Waals surface area (Å²) in [6, 6.07) is 16.8. The summed E-state index contributed by atoms with van der Waals surface area (Å²) >= 11 is 0. The van der Waals surface area contributed by atoms with E-state index in [1.165, 1.54) is 9.87 Å². The fourth-order valence-electron chi connectivity index (χ4n) is 2.31. The first-order valence-corrected chi connectivity index (χ1v) is 8.99. The van der Waals surface area contributed by atoms with E-state index in [0.29, 0.717) is 17.4 Å². The highest BCUT2D eigenvalue weighted by molar-refractivity contribution is 7.89. The van der Waals surface area contributed by atoms with E-state index in [1.807, 2.05) is 42.5 Å². The number of benzene rings is 2. The van der Waals surface area contributed by atoms with E-state index in [9.17, 15) is 8.42 Å². The van der Waals surface area contributed by atoms with Gasteiger partial charge < -0.3 is 0 Å². The lowest BCUT2D eigenvalue weighted by molar-refractivity contribution is 0.466. The quantitative estimate of drug-likeness (QED) is 0.807. The molecule has 0 aliphatic rings. The Morgan fingerprint density at radius 1 is 1.00 bits per heavy atom. The van der Waals surface area contributed by atoms with E-state index >= 15 is 0 Å². The van der Waals surface area contributed by atoms with Gasteiger partial charge in [0.05, 0.1) is 4.90 Å². The van der Waals surface area contributed by atoms with Gasteiger partial charge >= 0.3 is 0 Å². The molecule has 3 nitrogen and oxygen atoms in total. The molecule has 0 saturated heterocycles. The Morgan fingerprint density at radius 2 is 1.59 bits per heavy atom. The Balaban J connectivity index is 2.19. The maximum absolute atomic E-state index is 12.6. The van der Waals surface area contributed by atoms with Crippen LogP contribution in [0.2, 0.25) is 0 Å². The monoisotopic (exact) mass is 317 g/mol. The zero-order valence-corrected chi connectivity index (χ0v) is 14.2. The van der Waals surface area contributed by atoms with Gasteiger partial charge in [-0.3, -0.25) is 0 Å². The summed E-state index contributed by atoms with van der Waals surface area (Å²) in [5.74, 6) is 0.443. The summed E-state index contributed by atoms with van der Waals surface area (Å²) < 4.78 is 26.6. The first kappa shape index (κ1) is 16.7. The van der Waals surface area contributed by atoms with Crippen LogP contribution in [-0.4, -0.2) is 19.8 Å². The summed E-state index contributed by atoms with van der Waals surface area (Å²) in [4.78, 5) is 0.345. The van der Waals surface area contributed by atoms with Crippen molar-refractivity contribution in [3.8, 4) is 0 Å². The molecule has 0 aliphatic carbocycles. The summed E-state index contributed by atoms with van der Waals surface area (Å²) in [6.07, 6.45) is 1.04. The number of nitrogens with zero attached hydrogens (tertiary/aromatic N) is 1. The average Bonchev–Trinajstić information content (AvgIpc) is 2.55. The lowest BCUT2D eigenvalue weighted by Crippen LogP contribution is -2.26. The minimum absolute atomic E-state index is 0.345. The SMILES string of the molecule is CC[C@H](C)c1ccc(S(=O)(=O)N(C)Cc2ccccc2)cc1. The smallest absolute Gasteiger partial charge is 0.207 e. The lowest BCUT2D eigenvalue weighted by Gasteiger charge is -2.18. The molecule has 118 valence electrons. The van der Waals surface area contributed by atoms with Gasteiger partial charge in [-0.1, -0.05) is 56.3 Å². The minimum atomic E-state index is -3.45. The van der Waals surface area contributed by atoms with Crippen LogP contribution in [0.15, 0.2) is 59.5 Å². The molecule has 2 aromatic rings. The molecule has 0 amide bonds. The summed E-state index contributed by atoms with van der Waals surface area (Å²) in [5, 5.41) is 0. The normalized spacial score (nSPS) is 13.3. The fourth-order valence-corrected chi connectivity index (χ4v) is 3.47. The summed E-state index contributed by atoms with van der Waals surface area (Å²) in [6.45, 7) is 4.64. The molecule has 0 unspecified atom stereocenters. The average molecular weight is 317 g/mol. The standard InChI is InChI=1S/C18H23NO2S/c1-4-15(2)17-10-12-18(13-11-17)22(20,21)19(3)14-16-8-6-5-7-9-16/h5-13,15H,4,14H2,1-3H3/t15-/m0/s1. The van der Waals surface area contributed by atoms with Crippen LogP contribution in [0.3, 0.4) is 0 Å². The molecule has 0 heterocycles. The topological polar surface area (TPSA) is 37.4 Å². The Labute approximate surface area is 133 Å². The van der Waals surface area contributed by atoms with Gasteiger partial charge in [0.1, 0.15) is 0 Å². The van der Waals surface area contributed by atoms with Gasteiger partial charge in [-0.2, -0.15) is 4.31 Å². The van der Waals surface area contributed by atoms with Crippen molar-refractivity contribution in [1.82, 2.24) is 4.31 Å². The van der Waals surface area contributed by atoms with E-state index in [2.05, 4.69) is 13.8 Å². The molecule has 0 spiro atoms. The molecule has 2 rings (SSSR count). The van der Waals surface area contributed by atoms with Gasteiger partial charge in [-0.15, -0.1) is 0 Å². The molecule has 0 fully saturated rings. The van der Waals surface area contributed by atoms with Gasteiger partial charge in [0.2, 0.25) is 10.0 Å². The van der Waals surface area contributed by atoms with Crippen LogP contribution in [-0.2, 0) is 16.6 Å². The van der Waals surface area contributed by atoms with Crippen LogP contribution < -0.4 is 0 Å². The van der Waals surface area contributed by atoms with E-state index in [-0.39, 0.29) is 0 Å². The third kappa shape index (κ3) is 3.76. The molecular weight excluding hydrogens is 294 g/mol. The van der Waals surface area contributed by atoms with E-state index in [4.69, 9.17) is 0 Å². The molecule has 0 bridgehead atoms. The van der Waals surface area contributed by atoms with Crippen LogP contribution in [0.5, 0.6) is 0 Å². The Kier molecular flexibility index (Phi) is 5.37. The Bertz CT molecular complexity index is 694. The van der Waals surface area contributed by atoms with Crippen molar-refractivity contribution in [2.24, 2.45) is 0 Å². The Morgan fingerprint density at radius 3 is 2.14 bits per heavy atom. The molecular formula is C18H23NO2S. The molecule has 0 N–H and O–H groups in total. The summed E-state index contributed by atoms with van der Waals surface area (Å²) in [5.41, 5.74) is 2.15. The molecule has 0 radical (unpaired) electrons. The van der Waals surface area contributed by atoms with Crippen molar-refractivity contribution in [3.63, 3.8) is 0 Å². The van der Waals surface area contributed by atoms with Gasteiger partial charge in [0.15, 0.2) is 0 Å². The molecule has 1 atom stereocenters.